The van der Waals surface area contributed by atoms with Gasteiger partial charge in [0.1, 0.15) is 0 Å². The molecule has 0 N–H and O–H groups in total. The van der Waals surface area contributed by atoms with Gasteiger partial charge in [-0.2, -0.15) is 0 Å². The molecule has 0 aliphatic carbocycles. The third-order valence-corrected chi connectivity index (χ3v) is 3.12. The van der Waals surface area contributed by atoms with Crippen LogP contribution in [0.3, 0.4) is 0 Å². The summed E-state index contributed by atoms with van der Waals surface area (Å²) in [7, 11) is 0. The number of hydrogen-bond acceptors (Lipinski definition) is 1. The normalized spacial score (nSPS) is 10.4. The van der Waals surface area contributed by atoms with Crippen molar-refractivity contribution in [2.45, 2.75) is 0 Å². The summed E-state index contributed by atoms with van der Waals surface area (Å²) in [5.41, 5.74) is 1.79. The maximum Gasteiger partial charge on any atom is 0.155 e. The van der Waals surface area contributed by atoms with E-state index >= 15 is 0 Å². The number of rotatable bonds is 1. The summed E-state index contributed by atoms with van der Waals surface area (Å²) < 4.78 is 13.8. The average Bonchev–Trinajstić information content (AvgIpc) is 2.23. The predicted molar refractivity (Wildman–Crippen MR) is 64.5 cm³/mol. The number of pyridine rings is 1. The van der Waals surface area contributed by atoms with Crippen LogP contribution in [-0.2, 0) is 0 Å². The molecule has 0 saturated carbocycles. The maximum absolute atomic E-state index is 13.1. The Labute approximate surface area is 94.8 Å². The zero-order valence-electron chi connectivity index (χ0n) is 7.30. The van der Waals surface area contributed by atoms with E-state index in [2.05, 4.69) is 11.6 Å². The van der Waals surface area contributed by atoms with Crippen LogP contribution in [0.5, 0.6) is 0 Å². The summed E-state index contributed by atoms with van der Waals surface area (Å²) in [6.45, 7) is 3.67. The molecule has 0 spiro atoms. The summed E-state index contributed by atoms with van der Waals surface area (Å²) in [6, 6.07) is 5.66. The molecule has 3 heteroatoms. The van der Waals surface area contributed by atoms with Crippen molar-refractivity contribution < 1.29 is 4.39 Å². The molecule has 1 heterocycles. The van der Waals surface area contributed by atoms with Gasteiger partial charge in [0.15, 0.2) is 5.82 Å². The summed E-state index contributed by atoms with van der Waals surface area (Å²) in [4.78, 5) is 4.02. The predicted octanol–water partition coefficient (Wildman–Crippen LogP) is 3.62. The third kappa shape index (κ3) is 1.52. The van der Waals surface area contributed by atoms with Gasteiger partial charge in [-0.1, -0.05) is 24.8 Å². The SMILES string of the molecule is C=Cc1ccc2c(I)c(F)cnc2c1. The van der Waals surface area contributed by atoms with Crippen molar-refractivity contribution in [3.63, 3.8) is 0 Å². The zero-order chi connectivity index (χ0) is 10.1. The molecule has 2 aromatic rings. The molecule has 0 radical (unpaired) electrons. The fourth-order valence-corrected chi connectivity index (χ4v) is 1.87. The Morgan fingerprint density at radius 1 is 1.43 bits per heavy atom. The maximum atomic E-state index is 13.1. The smallest absolute Gasteiger partial charge is 0.155 e. The zero-order valence-corrected chi connectivity index (χ0v) is 9.45. The van der Waals surface area contributed by atoms with Crippen molar-refractivity contribution in [3.05, 3.63) is 45.9 Å². The highest BCUT2D eigenvalue weighted by Crippen LogP contribution is 2.22. The van der Waals surface area contributed by atoms with Gasteiger partial charge in [0.25, 0.3) is 0 Å². The van der Waals surface area contributed by atoms with E-state index in [1.165, 1.54) is 6.20 Å². The molecule has 0 bridgehead atoms. The van der Waals surface area contributed by atoms with Crippen LogP contribution < -0.4 is 0 Å². The second-order valence-electron chi connectivity index (χ2n) is 2.90. The minimum absolute atomic E-state index is 0.274. The third-order valence-electron chi connectivity index (χ3n) is 2.02. The molecule has 0 amide bonds. The van der Waals surface area contributed by atoms with Crippen molar-refractivity contribution in [1.82, 2.24) is 4.98 Å². The molecule has 1 aromatic heterocycles. The van der Waals surface area contributed by atoms with Crippen LogP contribution in [0.25, 0.3) is 17.0 Å². The molecule has 70 valence electrons. The molecule has 0 unspecified atom stereocenters. The lowest BCUT2D eigenvalue weighted by Crippen LogP contribution is -1.88. The van der Waals surface area contributed by atoms with Gasteiger partial charge in [0, 0.05) is 5.39 Å². The summed E-state index contributed by atoms with van der Waals surface area (Å²) in [5.74, 6) is -0.274. The topological polar surface area (TPSA) is 12.9 Å². The number of aromatic nitrogens is 1. The van der Waals surface area contributed by atoms with Gasteiger partial charge in [0.05, 0.1) is 15.3 Å². The highest BCUT2D eigenvalue weighted by molar-refractivity contribution is 14.1. The fourth-order valence-electron chi connectivity index (χ4n) is 1.28. The Balaban J connectivity index is 2.81. The monoisotopic (exact) mass is 299 g/mol. The van der Waals surface area contributed by atoms with Crippen LogP contribution in [-0.4, -0.2) is 4.98 Å². The van der Waals surface area contributed by atoms with Crippen molar-refractivity contribution in [2.75, 3.05) is 0 Å². The minimum atomic E-state index is -0.274. The van der Waals surface area contributed by atoms with E-state index in [-0.39, 0.29) is 5.82 Å². The molecule has 0 aliphatic heterocycles. The quantitative estimate of drug-likeness (QED) is 0.733. The molecule has 1 aromatic carbocycles. The number of hydrogen-bond donors (Lipinski definition) is 0. The van der Waals surface area contributed by atoms with Crippen molar-refractivity contribution in [3.8, 4) is 0 Å². The number of benzene rings is 1. The lowest BCUT2D eigenvalue weighted by molar-refractivity contribution is 0.617. The Bertz CT molecular complexity index is 508. The van der Waals surface area contributed by atoms with Crippen LogP contribution >= 0.6 is 22.6 Å². The van der Waals surface area contributed by atoms with Crippen LogP contribution in [0.15, 0.2) is 31.0 Å². The van der Waals surface area contributed by atoms with E-state index in [4.69, 9.17) is 0 Å². The first-order valence-electron chi connectivity index (χ1n) is 4.08. The lowest BCUT2D eigenvalue weighted by Gasteiger charge is -2.01. The number of nitrogens with zero attached hydrogens (tertiary/aromatic N) is 1. The molecule has 2 rings (SSSR count). The van der Waals surface area contributed by atoms with E-state index in [1.54, 1.807) is 6.08 Å². The van der Waals surface area contributed by atoms with Gasteiger partial charge in [0.2, 0.25) is 0 Å². The van der Waals surface area contributed by atoms with E-state index in [0.29, 0.717) is 3.57 Å². The average molecular weight is 299 g/mol. The van der Waals surface area contributed by atoms with Crippen molar-refractivity contribution in [2.24, 2.45) is 0 Å². The fraction of sp³-hybridized carbons (Fsp3) is 0. The first-order valence-corrected chi connectivity index (χ1v) is 5.16. The van der Waals surface area contributed by atoms with Crippen molar-refractivity contribution >= 4 is 39.6 Å². The van der Waals surface area contributed by atoms with E-state index in [1.807, 2.05) is 40.8 Å². The van der Waals surface area contributed by atoms with Crippen molar-refractivity contribution in [1.29, 1.82) is 0 Å². The minimum Gasteiger partial charge on any atom is -0.253 e. The molecule has 14 heavy (non-hydrogen) atoms. The summed E-state index contributed by atoms with van der Waals surface area (Å²) >= 11 is 1.99. The number of halogens is 2. The summed E-state index contributed by atoms with van der Waals surface area (Å²) in [5, 5.41) is 0.844. The van der Waals surface area contributed by atoms with Crippen LogP contribution in [0.4, 0.5) is 4.39 Å². The van der Waals surface area contributed by atoms with Crippen LogP contribution in [0.1, 0.15) is 5.56 Å². The van der Waals surface area contributed by atoms with Gasteiger partial charge < -0.3 is 0 Å². The van der Waals surface area contributed by atoms with Gasteiger partial charge in [-0.25, -0.2) is 4.39 Å². The lowest BCUT2D eigenvalue weighted by atomic mass is 10.1. The Hall–Kier alpha value is -0.970. The molecular weight excluding hydrogens is 292 g/mol. The Morgan fingerprint density at radius 3 is 2.93 bits per heavy atom. The molecule has 0 atom stereocenters. The van der Waals surface area contributed by atoms with Gasteiger partial charge >= 0.3 is 0 Å². The highest BCUT2D eigenvalue weighted by Gasteiger charge is 2.05. The summed E-state index contributed by atoms with van der Waals surface area (Å²) in [6.07, 6.45) is 2.99. The van der Waals surface area contributed by atoms with E-state index in [0.717, 1.165) is 16.5 Å². The van der Waals surface area contributed by atoms with Gasteiger partial charge in [-0.15, -0.1) is 0 Å². The van der Waals surface area contributed by atoms with Crippen LogP contribution in [0.2, 0.25) is 0 Å². The van der Waals surface area contributed by atoms with Gasteiger partial charge in [-0.05, 0) is 34.2 Å². The van der Waals surface area contributed by atoms with Crippen LogP contribution in [0, 0.1) is 9.39 Å². The van der Waals surface area contributed by atoms with E-state index < -0.39 is 0 Å². The van der Waals surface area contributed by atoms with E-state index in [9.17, 15) is 4.39 Å². The molecule has 1 nitrogen and oxygen atoms in total. The molecular formula is C11H7FIN. The number of fused-ring (bicyclic) bond motifs is 1. The standard InChI is InChI=1S/C11H7FIN/c1-2-7-3-4-8-10(5-7)14-6-9(12)11(8)13/h2-6H,1H2. The first-order chi connectivity index (χ1) is 6.72. The molecule has 0 fully saturated rings. The highest BCUT2D eigenvalue weighted by atomic mass is 127. The van der Waals surface area contributed by atoms with Gasteiger partial charge in [-0.3, -0.25) is 4.98 Å². The second-order valence-corrected chi connectivity index (χ2v) is 3.98. The Kier molecular flexibility index (Phi) is 2.50. The second kappa shape index (κ2) is 3.65. The largest absolute Gasteiger partial charge is 0.253 e. The first kappa shape index (κ1) is 9.58. The molecule has 0 aliphatic rings. The Morgan fingerprint density at radius 2 is 2.21 bits per heavy atom. The molecule has 0 saturated heterocycles.